The van der Waals surface area contributed by atoms with Crippen LogP contribution in [0.4, 0.5) is 0 Å². The zero-order valence-corrected chi connectivity index (χ0v) is 13.4. The van der Waals surface area contributed by atoms with Crippen molar-refractivity contribution in [3.63, 3.8) is 0 Å². The molecule has 0 atom stereocenters. The molecule has 0 saturated carbocycles. The third kappa shape index (κ3) is 3.10. The topological polar surface area (TPSA) is 30.2 Å². The van der Waals surface area contributed by atoms with Crippen molar-refractivity contribution in [2.75, 3.05) is 0 Å². The second kappa shape index (κ2) is 5.53. The second-order valence-corrected chi connectivity index (χ2v) is 7.09. The second-order valence-electron chi connectivity index (χ2n) is 6.15. The van der Waals surface area contributed by atoms with Crippen LogP contribution in [0.15, 0.2) is 53.8 Å². The van der Waals surface area contributed by atoms with Crippen molar-refractivity contribution in [3.05, 3.63) is 59.8 Å². The number of hydrogen-bond donors (Lipinski definition) is 0. The fourth-order valence-electron chi connectivity index (χ4n) is 2.17. The first-order valence-corrected chi connectivity index (χ1v) is 8.04. The molecule has 0 radical (unpaired) electrons. The van der Waals surface area contributed by atoms with Crippen molar-refractivity contribution in [3.8, 4) is 0 Å². The van der Waals surface area contributed by atoms with E-state index in [9.17, 15) is 0 Å². The van der Waals surface area contributed by atoms with E-state index in [-0.39, 0.29) is 5.41 Å². The van der Waals surface area contributed by atoms with Crippen LogP contribution in [0.3, 0.4) is 0 Å². The van der Waals surface area contributed by atoms with E-state index in [1.165, 1.54) is 11.1 Å². The number of hydrogen-bond acceptors (Lipinski definition) is 3. The summed E-state index contributed by atoms with van der Waals surface area (Å²) < 4.78 is 2.02. The van der Waals surface area contributed by atoms with Gasteiger partial charge in [0.2, 0.25) is 0 Å². The first-order valence-electron chi connectivity index (χ1n) is 7.06. The molecule has 108 valence electrons. The van der Waals surface area contributed by atoms with Crippen molar-refractivity contribution < 1.29 is 0 Å². The minimum Gasteiger partial charge on any atom is -0.277 e. The Morgan fingerprint density at radius 1 is 1.00 bits per heavy atom. The molecule has 3 rings (SSSR count). The molecule has 0 aliphatic heterocycles. The minimum absolute atomic E-state index is 0.203. The molecule has 0 saturated heterocycles. The monoisotopic (exact) mass is 297 g/mol. The lowest BCUT2D eigenvalue weighted by Crippen LogP contribution is -2.10. The van der Waals surface area contributed by atoms with Gasteiger partial charge in [0, 0.05) is 11.9 Å². The zero-order valence-electron chi connectivity index (χ0n) is 12.6. The number of benzene rings is 1. The Hall–Kier alpha value is -1.81. The molecule has 2 heterocycles. The summed E-state index contributed by atoms with van der Waals surface area (Å²) in [5.74, 6) is 0.903. The third-order valence-electron chi connectivity index (χ3n) is 3.47. The number of rotatable bonds is 3. The SMILES string of the molecule is CC(C)(C)c1ccc(CSc2nnc3ccccn23)cc1. The van der Waals surface area contributed by atoms with Crippen molar-refractivity contribution in [2.24, 2.45) is 0 Å². The molecule has 3 nitrogen and oxygen atoms in total. The summed E-state index contributed by atoms with van der Waals surface area (Å²) >= 11 is 1.71. The average Bonchev–Trinajstić information content (AvgIpc) is 2.88. The predicted molar refractivity (Wildman–Crippen MR) is 87.7 cm³/mol. The molecular weight excluding hydrogens is 278 g/mol. The van der Waals surface area contributed by atoms with Gasteiger partial charge in [-0.05, 0) is 28.7 Å². The number of aromatic nitrogens is 3. The molecule has 0 aliphatic carbocycles. The van der Waals surface area contributed by atoms with Gasteiger partial charge < -0.3 is 0 Å². The zero-order chi connectivity index (χ0) is 14.9. The van der Waals surface area contributed by atoms with Crippen LogP contribution < -0.4 is 0 Å². The van der Waals surface area contributed by atoms with E-state index < -0.39 is 0 Å². The Balaban J connectivity index is 1.73. The Bertz CT molecular complexity index is 739. The molecule has 21 heavy (non-hydrogen) atoms. The maximum absolute atomic E-state index is 4.24. The third-order valence-corrected chi connectivity index (χ3v) is 4.48. The van der Waals surface area contributed by atoms with Crippen molar-refractivity contribution >= 4 is 17.4 Å². The Morgan fingerprint density at radius 3 is 2.48 bits per heavy atom. The molecular formula is C17H19N3S. The summed E-state index contributed by atoms with van der Waals surface area (Å²) in [5, 5.41) is 9.35. The summed E-state index contributed by atoms with van der Waals surface area (Å²) in [6, 6.07) is 14.8. The highest BCUT2D eigenvalue weighted by atomic mass is 32.2. The van der Waals surface area contributed by atoms with E-state index in [1.807, 2.05) is 28.8 Å². The highest BCUT2D eigenvalue weighted by Crippen LogP contribution is 2.25. The molecule has 0 unspecified atom stereocenters. The lowest BCUT2D eigenvalue weighted by atomic mass is 9.87. The standard InChI is InChI=1S/C17H19N3S/c1-17(2,3)14-9-7-13(8-10-14)12-21-16-19-18-15-6-4-5-11-20(15)16/h4-11H,12H2,1-3H3. The van der Waals surface area contributed by atoms with Crippen molar-refractivity contribution in [1.29, 1.82) is 0 Å². The maximum Gasteiger partial charge on any atom is 0.195 e. The lowest BCUT2D eigenvalue weighted by molar-refractivity contribution is 0.590. The highest BCUT2D eigenvalue weighted by Gasteiger charge is 2.13. The summed E-state index contributed by atoms with van der Waals surface area (Å²) in [4.78, 5) is 0. The molecule has 1 aromatic carbocycles. The predicted octanol–water partition coefficient (Wildman–Crippen LogP) is 4.32. The van der Waals surface area contributed by atoms with Gasteiger partial charge in [0.15, 0.2) is 10.8 Å². The first-order chi connectivity index (χ1) is 10.0. The molecule has 0 N–H and O–H groups in total. The van der Waals surface area contributed by atoms with Crippen LogP contribution in [0.1, 0.15) is 31.9 Å². The van der Waals surface area contributed by atoms with E-state index in [2.05, 4.69) is 55.2 Å². The van der Waals surface area contributed by atoms with Crippen LogP contribution in [-0.2, 0) is 11.2 Å². The van der Waals surface area contributed by atoms with Crippen LogP contribution in [0.25, 0.3) is 5.65 Å². The molecule has 0 aliphatic rings. The fourth-order valence-corrected chi connectivity index (χ4v) is 3.05. The van der Waals surface area contributed by atoms with Crippen molar-refractivity contribution in [2.45, 2.75) is 37.1 Å². The number of thioether (sulfide) groups is 1. The van der Waals surface area contributed by atoms with Crippen LogP contribution in [0.5, 0.6) is 0 Å². The normalized spacial score (nSPS) is 12.0. The highest BCUT2D eigenvalue weighted by molar-refractivity contribution is 7.98. The summed E-state index contributed by atoms with van der Waals surface area (Å²) in [6.07, 6.45) is 2.00. The number of fused-ring (bicyclic) bond motifs is 1. The fraction of sp³-hybridized carbons (Fsp3) is 0.294. The maximum atomic E-state index is 4.24. The van der Waals surface area contributed by atoms with E-state index in [0.29, 0.717) is 0 Å². The van der Waals surface area contributed by atoms with Gasteiger partial charge in [0.05, 0.1) is 0 Å². The molecule has 0 spiro atoms. The molecule has 4 heteroatoms. The first kappa shape index (κ1) is 14.1. The molecule has 0 bridgehead atoms. The molecule has 2 aromatic heterocycles. The largest absolute Gasteiger partial charge is 0.277 e. The smallest absolute Gasteiger partial charge is 0.195 e. The molecule has 3 aromatic rings. The van der Waals surface area contributed by atoms with Gasteiger partial charge in [-0.15, -0.1) is 10.2 Å². The van der Waals surface area contributed by atoms with E-state index in [1.54, 1.807) is 11.8 Å². The number of nitrogens with zero attached hydrogens (tertiary/aromatic N) is 3. The van der Waals surface area contributed by atoms with Gasteiger partial charge in [-0.2, -0.15) is 0 Å². The molecule has 0 amide bonds. The van der Waals surface area contributed by atoms with Crippen LogP contribution >= 0.6 is 11.8 Å². The van der Waals surface area contributed by atoms with Gasteiger partial charge in [0.25, 0.3) is 0 Å². The summed E-state index contributed by atoms with van der Waals surface area (Å²) in [5.41, 5.74) is 3.77. The Morgan fingerprint density at radius 2 is 1.76 bits per heavy atom. The van der Waals surface area contributed by atoms with Gasteiger partial charge in [-0.3, -0.25) is 4.40 Å². The van der Waals surface area contributed by atoms with Crippen molar-refractivity contribution in [1.82, 2.24) is 14.6 Å². The van der Waals surface area contributed by atoms with Crippen LogP contribution in [-0.4, -0.2) is 14.6 Å². The Labute approximate surface area is 129 Å². The minimum atomic E-state index is 0.203. The van der Waals surface area contributed by atoms with Gasteiger partial charge in [-0.25, -0.2) is 0 Å². The summed E-state index contributed by atoms with van der Waals surface area (Å²) in [7, 11) is 0. The van der Waals surface area contributed by atoms with Gasteiger partial charge >= 0.3 is 0 Å². The average molecular weight is 297 g/mol. The quantitative estimate of drug-likeness (QED) is 0.674. The van der Waals surface area contributed by atoms with Crippen LogP contribution in [0.2, 0.25) is 0 Å². The Kier molecular flexibility index (Phi) is 3.72. The van der Waals surface area contributed by atoms with Crippen LogP contribution in [0, 0.1) is 0 Å². The van der Waals surface area contributed by atoms with E-state index in [4.69, 9.17) is 0 Å². The molecule has 0 fully saturated rings. The van der Waals surface area contributed by atoms with E-state index >= 15 is 0 Å². The van der Waals surface area contributed by atoms with Gasteiger partial charge in [-0.1, -0.05) is 62.9 Å². The number of pyridine rings is 1. The van der Waals surface area contributed by atoms with Gasteiger partial charge in [0.1, 0.15) is 0 Å². The summed E-state index contributed by atoms with van der Waals surface area (Å²) in [6.45, 7) is 6.71. The lowest BCUT2D eigenvalue weighted by Gasteiger charge is -2.19. The van der Waals surface area contributed by atoms with E-state index in [0.717, 1.165) is 16.6 Å².